The van der Waals surface area contributed by atoms with Crippen LogP contribution in [-0.2, 0) is 28.6 Å². The number of esters is 3. The second-order valence-corrected chi connectivity index (χ2v) is 19.5. The maximum Gasteiger partial charge on any atom is 0.306 e. The Bertz CT molecular complexity index is 1410. The van der Waals surface area contributed by atoms with Gasteiger partial charge in [-0.1, -0.05) is 234 Å². The maximum atomic E-state index is 12.8. The number of carbonyl (C=O) groups excluding carboxylic acids is 3. The highest BCUT2D eigenvalue weighted by Gasteiger charge is 2.19. The van der Waals surface area contributed by atoms with E-state index in [0.717, 1.165) is 103 Å². The molecule has 0 fully saturated rings. The molecule has 0 radical (unpaired) electrons. The van der Waals surface area contributed by atoms with Crippen LogP contribution in [0.4, 0.5) is 0 Å². The lowest BCUT2D eigenvalue weighted by Crippen LogP contribution is -2.30. The molecule has 0 aromatic rings. The molecule has 0 spiro atoms. The Kier molecular flexibility index (Phi) is 55.9. The predicted molar refractivity (Wildman–Crippen MR) is 307 cm³/mol. The molecule has 0 saturated heterocycles. The number of unbranched alkanes of at least 4 members (excludes halogenated alkanes) is 26. The zero-order valence-electron chi connectivity index (χ0n) is 46.5. The van der Waals surface area contributed by atoms with Gasteiger partial charge in [0.1, 0.15) is 13.2 Å². The molecule has 0 bridgehead atoms. The monoisotopic (exact) mass is 987 g/mol. The van der Waals surface area contributed by atoms with E-state index in [-0.39, 0.29) is 37.5 Å². The molecule has 71 heavy (non-hydrogen) atoms. The number of hydrogen-bond donors (Lipinski definition) is 0. The molecule has 0 heterocycles. The highest BCUT2D eigenvalue weighted by atomic mass is 16.6. The van der Waals surface area contributed by atoms with Gasteiger partial charge in [-0.25, -0.2) is 0 Å². The van der Waals surface area contributed by atoms with E-state index < -0.39 is 6.10 Å². The lowest BCUT2D eigenvalue weighted by molar-refractivity contribution is -0.167. The zero-order chi connectivity index (χ0) is 51.4. The second-order valence-electron chi connectivity index (χ2n) is 19.5. The van der Waals surface area contributed by atoms with E-state index in [4.69, 9.17) is 14.2 Å². The van der Waals surface area contributed by atoms with Crippen LogP contribution in [0.25, 0.3) is 0 Å². The first-order valence-electron chi connectivity index (χ1n) is 29.7. The van der Waals surface area contributed by atoms with Crippen LogP contribution in [0, 0.1) is 0 Å². The van der Waals surface area contributed by atoms with Gasteiger partial charge in [0.05, 0.1) is 0 Å². The van der Waals surface area contributed by atoms with Gasteiger partial charge in [0.25, 0.3) is 0 Å². The van der Waals surface area contributed by atoms with Crippen molar-refractivity contribution in [3.63, 3.8) is 0 Å². The Morgan fingerprint density at radius 3 is 0.915 bits per heavy atom. The van der Waals surface area contributed by atoms with Gasteiger partial charge in [0.2, 0.25) is 0 Å². The van der Waals surface area contributed by atoms with Gasteiger partial charge in [-0.3, -0.25) is 14.4 Å². The molecule has 0 rings (SSSR count). The summed E-state index contributed by atoms with van der Waals surface area (Å²) in [6.45, 7) is 6.46. The number of allylic oxidation sites excluding steroid dienone is 16. The van der Waals surface area contributed by atoms with Gasteiger partial charge in [-0.15, -0.1) is 0 Å². The quantitative estimate of drug-likeness (QED) is 0.0261. The molecule has 0 amide bonds. The van der Waals surface area contributed by atoms with Crippen LogP contribution in [0.5, 0.6) is 0 Å². The summed E-state index contributed by atoms with van der Waals surface area (Å²) >= 11 is 0. The molecule has 1 unspecified atom stereocenters. The normalized spacial score (nSPS) is 12.8. The van der Waals surface area contributed by atoms with Gasteiger partial charge in [-0.2, -0.15) is 0 Å². The standard InChI is InChI=1S/C65H110O6/c1-4-7-10-13-16-19-22-25-27-28-29-30-31-32-33-34-35-36-38-40-43-46-49-52-55-58-64(67)70-61-62(60-69-63(66)57-54-51-48-45-42-39-24-21-18-15-12-9-6-3)71-65(68)59-56-53-50-47-44-41-37-26-23-20-17-14-11-8-5-2/h8,11,17,20-22,24-26,28-29,31-32,37,44,47,62H,4-7,9-10,12-16,18-19,23,27,30,33-36,38-43,45-46,48-61H2,1-3H3/b11-8-,20-17-,24-21-,25-22-,29-28-,32-31-,37-26-,47-44-. The first-order chi connectivity index (χ1) is 35.0. The summed E-state index contributed by atoms with van der Waals surface area (Å²) in [6, 6.07) is 0. The summed E-state index contributed by atoms with van der Waals surface area (Å²) in [5, 5.41) is 0. The van der Waals surface area contributed by atoms with Crippen LogP contribution < -0.4 is 0 Å². The SMILES string of the molecule is CC/C=C\C/C=C\C/C=C\C/C=C\CCCCC(=O)OC(COC(=O)CCCCCCC/C=C\CCCCCC)COC(=O)CCCCCCCCCCCC/C=C\C/C=C\C/C=C\CCCCCCC. The minimum atomic E-state index is -0.805. The van der Waals surface area contributed by atoms with E-state index in [1.807, 2.05) is 0 Å². The summed E-state index contributed by atoms with van der Waals surface area (Å²) in [5.74, 6) is -0.951. The molecule has 406 valence electrons. The van der Waals surface area contributed by atoms with Crippen molar-refractivity contribution in [2.75, 3.05) is 13.2 Å². The molecule has 0 saturated carbocycles. The molecular weight excluding hydrogens is 877 g/mol. The first kappa shape index (κ1) is 67.3. The van der Waals surface area contributed by atoms with Gasteiger partial charge < -0.3 is 14.2 Å². The average molecular weight is 988 g/mol. The highest BCUT2D eigenvalue weighted by Crippen LogP contribution is 2.15. The Morgan fingerprint density at radius 1 is 0.296 bits per heavy atom. The summed E-state index contributed by atoms with van der Waals surface area (Å²) in [6.07, 6.45) is 78.4. The van der Waals surface area contributed by atoms with Gasteiger partial charge in [0, 0.05) is 19.3 Å². The average Bonchev–Trinajstić information content (AvgIpc) is 3.37. The summed E-state index contributed by atoms with van der Waals surface area (Å²) in [5.41, 5.74) is 0. The molecule has 0 aromatic carbocycles. The van der Waals surface area contributed by atoms with E-state index >= 15 is 0 Å². The fourth-order valence-electron chi connectivity index (χ4n) is 8.08. The Hall–Kier alpha value is -3.67. The van der Waals surface area contributed by atoms with Crippen molar-refractivity contribution in [2.24, 2.45) is 0 Å². The van der Waals surface area contributed by atoms with E-state index in [1.54, 1.807) is 0 Å². The third kappa shape index (κ3) is 57.1. The van der Waals surface area contributed by atoms with E-state index in [1.165, 1.54) is 128 Å². The minimum Gasteiger partial charge on any atom is -0.462 e. The van der Waals surface area contributed by atoms with Crippen LogP contribution in [0.1, 0.15) is 278 Å². The second kappa shape index (κ2) is 58.9. The largest absolute Gasteiger partial charge is 0.462 e. The fourth-order valence-corrected chi connectivity index (χ4v) is 8.08. The van der Waals surface area contributed by atoms with Crippen molar-refractivity contribution in [1.82, 2.24) is 0 Å². The summed E-state index contributed by atoms with van der Waals surface area (Å²) in [4.78, 5) is 38.1. The summed E-state index contributed by atoms with van der Waals surface area (Å²) < 4.78 is 16.8. The maximum absolute atomic E-state index is 12.8. The smallest absolute Gasteiger partial charge is 0.306 e. The Balaban J connectivity index is 4.36. The fraction of sp³-hybridized carbons (Fsp3) is 0.708. The molecule has 1 atom stereocenters. The number of carbonyl (C=O) groups is 3. The van der Waals surface area contributed by atoms with Crippen LogP contribution in [-0.4, -0.2) is 37.2 Å². The number of hydrogen-bond acceptors (Lipinski definition) is 6. The van der Waals surface area contributed by atoms with Crippen molar-refractivity contribution in [1.29, 1.82) is 0 Å². The van der Waals surface area contributed by atoms with Gasteiger partial charge in [0.15, 0.2) is 6.10 Å². The summed E-state index contributed by atoms with van der Waals surface area (Å²) in [7, 11) is 0. The predicted octanol–water partition coefficient (Wildman–Crippen LogP) is 20.1. The third-order valence-corrected chi connectivity index (χ3v) is 12.5. The van der Waals surface area contributed by atoms with E-state index in [2.05, 4.69) is 118 Å². The lowest BCUT2D eigenvalue weighted by Gasteiger charge is -2.18. The Labute approximate surface area is 438 Å². The molecule has 0 aliphatic heterocycles. The topological polar surface area (TPSA) is 78.9 Å². The Morgan fingerprint density at radius 2 is 0.549 bits per heavy atom. The van der Waals surface area contributed by atoms with Crippen molar-refractivity contribution in [3.8, 4) is 0 Å². The van der Waals surface area contributed by atoms with Crippen LogP contribution >= 0.6 is 0 Å². The molecule has 6 heteroatoms. The van der Waals surface area contributed by atoms with Crippen LogP contribution in [0.15, 0.2) is 97.2 Å². The first-order valence-corrected chi connectivity index (χ1v) is 29.7. The number of ether oxygens (including phenoxy) is 3. The molecule has 0 aliphatic rings. The molecule has 0 N–H and O–H groups in total. The van der Waals surface area contributed by atoms with Crippen LogP contribution in [0.2, 0.25) is 0 Å². The third-order valence-electron chi connectivity index (χ3n) is 12.5. The molecular formula is C65H110O6. The van der Waals surface area contributed by atoms with Gasteiger partial charge in [-0.05, 0) is 122 Å². The minimum absolute atomic E-state index is 0.0991. The van der Waals surface area contributed by atoms with Crippen molar-refractivity contribution >= 4 is 17.9 Å². The van der Waals surface area contributed by atoms with Crippen molar-refractivity contribution in [3.05, 3.63) is 97.2 Å². The lowest BCUT2D eigenvalue weighted by atomic mass is 10.1. The number of rotatable bonds is 53. The van der Waals surface area contributed by atoms with Crippen molar-refractivity contribution < 1.29 is 28.6 Å². The zero-order valence-corrected chi connectivity index (χ0v) is 46.5. The van der Waals surface area contributed by atoms with Crippen molar-refractivity contribution in [2.45, 2.75) is 284 Å². The molecule has 6 nitrogen and oxygen atoms in total. The van der Waals surface area contributed by atoms with Gasteiger partial charge >= 0.3 is 17.9 Å². The van der Waals surface area contributed by atoms with E-state index in [9.17, 15) is 14.4 Å². The van der Waals surface area contributed by atoms with Crippen LogP contribution in [0.3, 0.4) is 0 Å². The van der Waals surface area contributed by atoms with E-state index in [0.29, 0.717) is 19.3 Å². The molecule has 0 aliphatic carbocycles. The molecule has 0 aromatic heterocycles. The highest BCUT2D eigenvalue weighted by molar-refractivity contribution is 5.71.